The number of carbonyl (C=O) groups excluding carboxylic acids is 1. The molecule has 54 valence electrons. The Hall–Kier alpha value is -0.180. The Morgan fingerprint density at radius 1 is 1.67 bits per heavy atom. The second-order valence-electron chi connectivity index (χ2n) is 1.57. The minimum absolute atomic E-state index is 0.107. The van der Waals surface area contributed by atoms with E-state index >= 15 is 0 Å². The molecule has 2 nitrogen and oxygen atoms in total. The zero-order valence-electron chi connectivity index (χ0n) is 5.85. The predicted octanol–water partition coefficient (Wildman–Crippen LogP) is 1.30. The first-order chi connectivity index (χ1) is 4.31. The Morgan fingerprint density at radius 2 is 2.33 bits per heavy atom. The smallest absolute Gasteiger partial charge is 0.305 e. The second-order valence-corrected chi connectivity index (χ2v) is 2.55. The molecular formula is C6H12O2S. The molecule has 0 bridgehead atoms. The van der Waals surface area contributed by atoms with Gasteiger partial charge in [0.15, 0.2) is 0 Å². The van der Waals surface area contributed by atoms with E-state index in [1.54, 1.807) is 18.7 Å². The van der Waals surface area contributed by atoms with Crippen LogP contribution in [0.25, 0.3) is 0 Å². The molecule has 0 saturated carbocycles. The van der Waals surface area contributed by atoms with Gasteiger partial charge in [0, 0.05) is 12.2 Å². The molecular weight excluding hydrogens is 136 g/mol. The van der Waals surface area contributed by atoms with E-state index in [9.17, 15) is 4.79 Å². The summed E-state index contributed by atoms with van der Waals surface area (Å²) in [5, 5.41) is 0. The summed E-state index contributed by atoms with van der Waals surface area (Å²) in [4.78, 5) is 10.5. The van der Waals surface area contributed by atoms with Gasteiger partial charge in [-0.05, 0) is 6.26 Å². The molecule has 0 aromatic rings. The van der Waals surface area contributed by atoms with Gasteiger partial charge in [0.1, 0.15) is 6.61 Å². The molecule has 0 N–H and O–H groups in total. The van der Waals surface area contributed by atoms with Crippen LogP contribution in [-0.4, -0.2) is 24.6 Å². The summed E-state index contributed by atoms with van der Waals surface area (Å²) in [6.45, 7) is 2.34. The standard InChI is InChI=1S/C6H12O2S/c1-3-6(7)8-4-5-9-2/h3-5H2,1-2H3. The lowest BCUT2D eigenvalue weighted by Gasteiger charge is -1.99. The maximum absolute atomic E-state index is 10.5. The van der Waals surface area contributed by atoms with Gasteiger partial charge in [-0.25, -0.2) is 0 Å². The van der Waals surface area contributed by atoms with Crippen molar-refractivity contribution in [2.75, 3.05) is 18.6 Å². The molecule has 0 amide bonds. The van der Waals surface area contributed by atoms with E-state index < -0.39 is 0 Å². The molecule has 0 spiro atoms. The second kappa shape index (κ2) is 5.95. The third-order valence-electron chi connectivity index (χ3n) is 0.839. The summed E-state index contributed by atoms with van der Waals surface area (Å²) in [5.74, 6) is 0.787. The Balaban J connectivity index is 2.97. The normalized spacial score (nSPS) is 9.11. The first-order valence-corrected chi connectivity index (χ1v) is 4.35. The van der Waals surface area contributed by atoms with Gasteiger partial charge in [0.2, 0.25) is 0 Å². The van der Waals surface area contributed by atoms with Crippen LogP contribution in [-0.2, 0) is 9.53 Å². The quantitative estimate of drug-likeness (QED) is 0.444. The average molecular weight is 148 g/mol. The topological polar surface area (TPSA) is 26.3 Å². The third kappa shape index (κ3) is 5.69. The van der Waals surface area contributed by atoms with Gasteiger partial charge in [-0.3, -0.25) is 4.79 Å². The van der Waals surface area contributed by atoms with Gasteiger partial charge in [-0.15, -0.1) is 0 Å². The maximum Gasteiger partial charge on any atom is 0.305 e. The third-order valence-corrected chi connectivity index (χ3v) is 1.41. The Kier molecular flexibility index (Phi) is 5.83. The van der Waals surface area contributed by atoms with Gasteiger partial charge in [0.05, 0.1) is 0 Å². The molecule has 0 aliphatic carbocycles. The highest BCUT2D eigenvalue weighted by Gasteiger charge is 1.94. The van der Waals surface area contributed by atoms with E-state index in [1.165, 1.54) is 0 Å². The van der Waals surface area contributed by atoms with Crippen molar-refractivity contribution in [1.82, 2.24) is 0 Å². The van der Waals surface area contributed by atoms with E-state index in [2.05, 4.69) is 0 Å². The van der Waals surface area contributed by atoms with Crippen molar-refractivity contribution in [2.45, 2.75) is 13.3 Å². The van der Waals surface area contributed by atoms with Gasteiger partial charge < -0.3 is 4.74 Å². The fourth-order valence-corrected chi connectivity index (χ4v) is 0.591. The van der Waals surface area contributed by atoms with E-state index in [4.69, 9.17) is 4.74 Å². The number of esters is 1. The fourth-order valence-electron chi connectivity index (χ4n) is 0.341. The lowest BCUT2D eigenvalue weighted by Crippen LogP contribution is -2.04. The van der Waals surface area contributed by atoms with E-state index in [1.807, 2.05) is 6.26 Å². The molecule has 3 heteroatoms. The molecule has 0 aromatic heterocycles. The molecule has 0 radical (unpaired) electrons. The largest absolute Gasteiger partial charge is 0.465 e. The van der Waals surface area contributed by atoms with Crippen LogP contribution in [0, 0.1) is 0 Å². The molecule has 0 atom stereocenters. The lowest BCUT2D eigenvalue weighted by atomic mass is 10.5. The Bertz CT molecular complexity index is 83.1. The van der Waals surface area contributed by atoms with Crippen molar-refractivity contribution in [3.05, 3.63) is 0 Å². The van der Waals surface area contributed by atoms with Crippen LogP contribution in [0.3, 0.4) is 0 Å². The number of rotatable bonds is 4. The van der Waals surface area contributed by atoms with Crippen molar-refractivity contribution in [2.24, 2.45) is 0 Å². The highest BCUT2D eigenvalue weighted by molar-refractivity contribution is 7.98. The summed E-state index contributed by atoms with van der Waals surface area (Å²) in [6, 6.07) is 0. The van der Waals surface area contributed by atoms with E-state index in [0.29, 0.717) is 13.0 Å². The molecule has 0 rings (SSSR count). The summed E-state index contributed by atoms with van der Waals surface area (Å²) in [7, 11) is 0. The maximum atomic E-state index is 10.5. The average Bonchev–Trinajstić information content (AvgIpc) is 1.89. The lowest BCUT2D eigenvalue weighted by molar-refractivity contribution is -0.142. The monoisotopic (exact) mass is 148 g/mol. The van der Waals surface area contributed by atoms with Crippen molar-refractivity contribution >= 4 is 17.7 Å². The number of hydrogen-bond donors (Lipinski definition) is 0. The molecule has 0 heterocycles. The number of carbonyl (C=O) groups is 1. The van der Waals surface area contributed by atoms with E-state index in [0.717, 1.165) is 5.75 Å². The van der Waals surface area contributed by atoms with Crippen molar-refractivity contribution < 1.29 is 9.53 Å². The van der Waals surface area contributed by atoms with Crippen LogP contribution in [0.5, 0.6) is 0 Å². The van der Waals surface area contributed by atoms with Crippen LogP contribution >= 0.6 is 11.8 Å². The number of thioether (sulfide) groups is 1. The van der Waals surface area contributed by atoms with Gasteiger partial charge in [0.25, 0.3) is 0 Å². The summed E-state index contributed by atoms with van der Waals surface area (Å²) in [5.41, 5.74) is 0. The molecule has 9 heavy (non-hydrogen) atoms. The highest BCUT2D eigenvalue weighted by Crippen LogP contribution is 1.91. The van der Waals surface area contributed by atoms with Crippen LogP contribution < -0.4 is 0 Å². The highest BCUT2D eigenvalue weighted by atomic mass is 32.2. The summed E-state index contributed by atoms with van der Waals surface area (Å²) in [6.07, 6.45) is 2.47. The fraction of sp³-hybridized carbons (Fsp3) is 0.833. The predicted molar refractivity (Wildman–Crippen MR) is 39.6 cm³/mol. The summed E-state index contributed by atoms with van der Waals surface area (Å²) < 4.78 is 4.77. The number of hydrogen-bond acceptors (Lipinski definition) is 3. The van der Waals surface area contributed by atoms with Crippen LogP contribution in [0.4, 0.5) is 0 Å². The minimum Gasteiger partial charge on any atom is -0.465 e. The molecule has 0 aliphatic rings. The first kappa shape index (κ1) is 8.82. The van der Waals surface area contributed by atoms with Crippen molar-refractivity contribution in [3.63, 3.8) is 0 Å². The van der Waals surface area contributed by atoms with Crippen molar-refractivity contribution in [1.29, 1.82) is 0 Å². The molecule has 0 unspecified atom stereocenters. The zero-order chi connectivity index (χ0) is 7.11. The SMILES string of the molecule is CCC(=O)OCCSC. The molecule has 0 aromatic carbocycles. The minimum atomic E-state index is -0.107. The Morgan fingerprint density at radius 3 is 2.78 bits per heavy atom. The molecule has 0 saturated heterocycles. The van der Waals surface area contributed by atoms with Gasteiger partial charge >= 0.3 is 5.97 Å². The molecule has 0 aliphatic heterocycles. The zero-order valence-corrected chi connectivity index (χ0v) is 6.66. The Labute approximate surface area is 60.0 Å². The number of ether oxygens (including phenoxy) is 1. The van der Waals surface area contributed by atoms with Crippen molar-refractivity contribution in [3.8, 4) is 0 Å². The van der Waals surface area contributed by atoms with Crippen LogP contribution in [0.1, 0.15) is 13.3 Å². The summed E-state index contributed by atoms with van der Waals surface area (Å²) >= 11 is 1.68. The molecule has 0 fully saturated rings. The van der Waals surface area contributed by atoms with E-state index in [-0.39, 0.29) is 5.97 Å². The first-order valence-electron chi connectivity index (χ1n) is 2.95. The van der Waals surface area contributed by atoms with Crippen LogP contribution in [0.15, 0.2) is 0 Å². The van der Waals surface area contributed by atoms with Gasteiger partial charge in [-0.1, -0.05) is 6.92 Å². The van der Waals surface area contributed by atoms with Crippen LogP contribution in [0.2, 0.25) is 0 Å². The van der Waals surface area contributed by atoms with Gasteiger partial charge in [-0.2, -0.15) is 11.8 Å².